The lowest BCUT2D eigenvalue weighted by Crippen LogP contribution is -2.38. The second-order valence-corrected chi connectivity index (χ2v) is 11.5. The summed E-state index contributed by atoms with van der Waals surface area (Å²) in [5.41, 5.74) is 7.74. The predicted molar refractivity (Wildman–Crippen MR) is 179 cm³/mol. The van der Waals surface area contributed by atoms with Crippen LogP contribution in [-0.2, 0) is 21.5 Å². The van der Waals surface area contributed by atoms with Gasteiger partial charge >= 0.3 is 6.09 Å². The normalized spacial score (nSPS) is 13.0. The van der Waals surface area contributed by atoms with Gasteiger partial charge in [-0.05, 0) is 38.9 Å². The Morgan fingerprint density at radius 3 is 1.72 bits per heavy atom. The highest BCUT2D eigenvalue weighted by Gasteiger charge is 2.38. The smallest absolute Gasteiger partial charge is 0.407 e. The molecular formula is C40H33N3O3. The third kappa shape index (κ3) is 5.28. The summed E-state index contributed by atoms with van der Waals surface area (Å²) in [6.45, 7) is 0.174. The van der Waals surface area contributed by atoms with Gasteiger partial charge in [-0.25, -0.2) is 9.78 Å². The number of nitrogens with zero attached hydrogens (tertiary/aromatic N) is 2. The quantitative estimate of drug-likeness (QED) is 0.131. The van der Waals surface area contributed by atoms with Crippen LogP contribution in [0.5, 0.6) is 0 Å². The van der Waals surface area contributed by atoms with Crippen LogP contribution in [0.4, 0.5) is 4.79 Å². The van der Waals surface area contributed by atoms with Gasteiger partial charge in [0.1, 0.15) is 18.4 Å². The van der Waals surface area contributed by atoms with E-state index in [2.05, 4.69) is 70.5 Å². The van der Waals surface area contributed by atoms with E-state index >= 15 is 0 Å². The van der Waals surface area contributed by atoms with Crippen molar-refractivity contribution in [3.63, 3.8) is 0 Å². The van der Waals surface area contributed by atoms with Crippen molar-refractivity contribution >= 4 is 12.4 Å². The van der Waals surface area contributed by atoms with Crippen molar-refractivity contribution in [2.24, 2.45) is 0 Å². The van der Waals surface area contributed by atoms with Gasteiger partial charge in [0.25, 0.3) is 0 Å². The van der Waals surface area contributed by atoms with Crippen molar-refractivity contribution in [1.82, 2.24) is 14.9 Å². The Bertz CT molecular complexity index is 1810. The van der Waals surface area contributed by atoms with Gasteiger partial charge in [-0.3, -0.25) is 0 Å². The van der Waals surface area contributed by atoms with Crippen molar-refractivity contribution < 1.29 is 14.3 Å². The summed E-state index contributed by atoms with van der Waals surface area (Å²) < 4.78 is 7.80. The molecule has 0 aliphatic heterocycles. The highest BCUT2D eigenvalue weighted by atomic mass is 16.5. The van der Waals surface area contributed by atoms with Crippen LogP contribution in [0.3, 0.4) is 0 Å². The second-order valence-electron chi connectivity index (χ2n) is 11.5. The summed E-state index contributed by atoms with van der Waals surface area (Å²) in [6.07, 6.45) is 4.08. The zero-order valence-electron chi connectivity index (χ0n) is 25.2. The summed E-state index contributed by atoms with van der Waals surface area (Å²) in [7, 11) is 0. The minimum absolute atomic E-state index is 0.0642. The van der Waals surface area contributed by atoms with Crippen LogP contribution < -0.4 is 5.32 Å². The molecule has 7 rings (SSSR count). The largest absolute Gasteiger partial charge is 0.449 e. The van der Waals surface area contributed by atoms with Crippen LogP contribution >= 0.6 is 0 Å². The summed E-state index contributed by atoms with van der Waals surface area (Å²) in [5, 5.41) is 2.75. The molecule has 1 atom stereocenters. The first-order valence-electron chi connectivity index (χ1n) is 15.4. The van der Waals surface area contributed by atoms with Crippen LogP contribution in [0.25, 0.3) is 11.1 Å². The third-order valence-corrected chi connectivity index (χ3v) is 8.84. The Labute approximate surface area is 268 Å². The molecule has 0 radical (unpaired) electrons. The predicted octanol–water partition coefficient (Wildman–Crippen LogP) is 7.37. The fourth-order valence-corrected chi connectivity index (χ4v) is 6.79. The number of carbonyl (C=O) groups excluding carboxylic acids is 2. The number of hydrogen-bond donors (Lipinski definition) is 1. The van der Waals surface area contributed by atoms with E-state index < -0.39 is 17.7 Å². The van der Waals surface area contributed by atoms with Crippen LogP contribution in [0.1, 0.15) is 39.4 Å². The van der Waals surface area contributed by atoms with Crippen molar-refractivity contribution in [2.75, 3.05) is 6.61 Å². The lowest BCUT2D eigenvalue weighted by molar-refractivity contribution is -0.109. The molecule has 6 nitrogen and oxygen atoms in total. The lowest BCUT2D eigenvalue weighted by Gasteiger charge is -2.37. The first-order chi connectivity index (χ1) is 22.7. The number of fused-ring (bicyclic) bond motifs is 3. The number of hydrogen-bond acceptors (Lipinski definition) is 4. The van der Waals surface area contributed by atoms with Gasteiger partial charge in [-0.1, -0.05) is 140 Å². The summed E-state index contributed by atoms with van der Waals surface area (Å²) in [6, 6.07) is 46.5. The molecule has 1 aliphatic rings. The number of aldehydes is 1. The second kappa shape index (κ2) is 12.7. The first kappa shape index (κ1) is 29.0. The van der Waals surface area contributed by atoms with Crippen LogP contribution in [0.2, 0.25) is 0 Å². The SMILES string of the molecule is O=C[C@H](Cc1cn(C(c2ccccc2)(c2ccccc2)c2ccccc2)cn1)NC(=O)OCC1c2ccccc2-c2ccccc21. The average molecular weight is 604 g/mol. The van der Waals surface area contributed by atoms with Gasteiger partial charge in [-0.2, -0.15) is 0 Å². The molecule has 0 saturated heterocycles. The van der Waals surface area contributed by atoms with Gasteiger partial charge in [0, 0.05) is 18.5 Å². The maximum atomic E-state index is 13.0. The fourth-order valence-electron chi connectivity index (χ4n) is 6.79. The van der Waals surface area contributed by atoms with Crippen molar-refractivity contribution in [3.05, 3.63) is 186 Å². The topological polar surface area (TPSA) is 73.2 Å². The molecule has 0 spiro atoms. The number of alkyl carbamates (subject to hydrolysis) is 1. The highest BCUT2D eigenvalue weighted by Crippen LogP contribution is 2.44. The molecule has 0 bridgehead atoms. The van der Waals surface area contributed by atoms with E-state index in [-0.39, 0.29) is 18.9 Å². The molecule has 6 heteroatoms. The number of nitrogens with one attached hydrogen (secondary N) is 1. The Morgan fingerprint density at radius 2 is 1.22 bits per heavy atom. The third-order valence-electron chi connectivity index (χ3n) is 8.84. The van der Waals surface area contributed by atoms with Crippen LogP contribution in [0.15, 0.2) is 152 Å². The van der Waals surface area contributed by atoms with Gasteiger partial charge in [0.05, 0.1) is 18.1 Å². The standard InChI is InChI=1S/C40H33N3O3/c44-26-33(42-39(45)46-27-38-36-22-12-10-20-34(36)35-21-11-13-23-37(35)38)24-32-25-43(28-41-32)40(29-14-4-1-5-15-29,30-16-6-2-7-17-30)31-18-8-3-9-19-31/h1-23,25-26,28,33,38H,24,27H2,(H,42,45)/t33-/m0/s1. The zero-order chi connectivity index (χ0) is 31.3. The molecular weight excluding hydrogens is 570 g/mol. The molecule has 1 aromatic heterocycles. The molecule has 1 heterocycles. The number of aromatic nitrogens is 2. The van der Waals surface area contributed by atoms with Gasteiger partial charge in [0.2, 0.25) is 0 Å². The summed E-state index contributed by atoms with van der Waals surface area (Å²) in [5.74, 6) is -0.0642. The number of benzene rings is 5. The number of rotatable bonds is 10. The molecule has 1 N–H and O–H groups in total. The molecule has 1 aliphatic carbocycles. The van der Waals surface area contributed by atoms with E-state index in [4.69, 9.17) is 9.72 Å². The Kier molecular flexibility index (Phi) is 8.00. The molecule has 5 aromatic carbocycles. The van der Waals surface area contributed by atoms with E-state index in [0.717, 1.165) is 45.2 Å². The first-order valence-corrected chi connectivity index (χ1v) is 15.4. The zero-order valence-corrected chi connectivity index (χ0v) is 25.2. The summed E-state index contributed by atoms with van der Waals surface area (Å²) in [4.78, 5) is 29.9. The lowest BCUT2D eigenvalue weighted by atomic mass is 9.77. The van der Waals surface area contributed by atoms with E-state index in [1.54, 1.807) is 6.33 Å². The maximum Gasteiger partial charge on any atom is 0.407 e. The van der Waals surface area contributed by atoms with Crippen LogP contribution in [0, 0.1) is 0 Å². The van der Waals surface area contributed by atoms with E-state index in [1.165, 1.54) is 0 Å². The number of amides is 1. The molecule has 226 valence electrons. The van der Waals surface area contributed by atoms with E-state index in [9.17, 15) is 9.59 Å². The Balaban J connectivity index is 1.12. The van der Waals surface area contributed by atoms with Gasteiger partial charge < -0.3 is 19.4 Å². The minimum atomic E-state index is -0.807. The molecule has 0 saturated carbocycles. The highest BCUT2D eigenvalue weighted by molar-refractivity contribution is 5.79. The molecule has 6 aromatic rings. The number of imidazole rings is 1. The average Bonchev–Trinajstić information content (AvgIpc) is 3.71. The molecule has 1 amide bonds. The number of ether oxygens (including phenoxy) is 1. The Morgan fingerprint density at radius 1 is 0.739 bits per heavy atom. The Hall–Kier alpha value is -5.75. The van der Waals surface area contributed by atoms with Gasteiger partial charge in [-0.15, -0.1) is 0 Å². The number of carbonyl (C=O) groups is 2. The van der Waals surface area contributed by atoms with Gasteiger partial charge in [0.15, 0.2) is 0 Å². The minimum Gasteiger partial charge on any atom is -0.449 e. The molecule has 0 unspecified atom stereocenters. The van der Waals surface area contributed by atoms with Crippen LogP contribution in [-0.4, -0.2) is 34.6 Å². The molecule has 0 fully saturated rings. The van der Waals surface area contributed by atoms with Crippen molar-refractivity contribution in [3.8, 4) is 11.1 Å². The summed E-state index contributed by atoms with van der Waals surface area (Å²) >= 11 is 0. The van der Waals surface area contributed by atoms with Crippen molar-refractivity contribution in [1.29, 1.82) is 0 Å². The van der Waals surface area contributed by atoms with E-state index in [0.29, 0.717) is 5.69 Å². The van der Waals surface area contributed by atoms with E-state index in [1.807, 2.05) is 85.1 Å². The maximum absolute atomic E-state index is 13.0. The monoisotopic (exact) mass is 603 g/mol. The molecule has 46 heavy (non-hydrogen) atoms. The fraction of sp³-hybridized carbons (Fsp3) is 0.125. The van der Waals surface area contributed by atoms with Crippen molar-refractivity contribution in [2.45, 2.75) is 23.9 Å².